The quantitative estimate of drug-likeness (QED) is 0.0292. The van der Waals surface area contributed by atoms with E-state index in [0.29, 0.717) is 18.4 Å². The molecule has 1 aromatic rings. The topological polar surface area (TPSA) is 530 Å². The standard InChI is InChI=1S/C52H84N14O18/c1-9-25(5)40(50(82)56-20-37(55)71)65-52(84)42(28(8)69)66-51(83)41(26(6)10-2)64-43(75)27(7)58-38(72)21-57-45(77)34(22-67)63-47(79)32(18-36(54)70)60-48(80)33(19-39(73)74)61-46(78)31(17-29-14-12-11-13-15-29)59-49(81)35(23-68)62-44(76)30(53)16-24(3)4/h11-15,24-28,30-35,40-42,67-69H,9-10,16-23,53H2,1-8H3,(H2,54,70)(H2,55,71)(H,56,82)(H,57,77)(H,58,72)(H,59,81)(H,60,80)(H,61,78)(H,62,76)(H,63,79)(H,64,75)(H,65,84)(H,66,83)(H,73,74)/t25-,26-,27-,28+,30-,31-,32-,33-,34-,35-,40-,41-,42-/m0/s1. The van der Waals surface area contributed by atoms with Crippen molar-refractivity contribution in [3.63, 3.8) is 0 Å². The molecule has 0 saturated carbocycles. The van der Waals surface area contributed by atoms with Gasteiger partial charge in [0.2, 0.25) is 76.8 Å². The molecule has 1 aromatic carbocycles. The number of carbonyl (C=O) groups is 14. The highest BCUT2D eigenvalue weighted by Gasteiger charge is 2.38. The summed E-state index contributed by atoms with van der Waals surface area (Å²) in [5.74, 6) is -16.4. The molecule has 0 aliphatic heterocycles. The van der Waals surface area contributed by atoms with E-state index in [1.165, 1.54) is 13.8 Å². The van der Waals surface area contributed by atoms with Crippen molar-refractivity contribution in [2.75, 3.05) is 26.3 Å². The van der Waals surface area contributed by atoms with Crippen molar-refractivity contribution in [2.24, 2.45) is 35.0 Å². The van der Waals surface area contributed by atoms with Crippen LogP contribution in [0.3, 0.4) is 0 Å². The molecule has 0 unspecified atom stereocenters. The van der Waals surface area contributed by atoms with E-state index in [1.54, 1.807) is 71.9 Å². The van der Waals surface area contributed by atoms with E-state index < -0.39 is 200 Å². The molecule has 0 aliphatic carbocycles. The number of aliphatic hydroxyl groups excluding tert-OH is 3. The summed E-state index contributed by atoms with van der Waals surface area (Å²) >= 11 is 0. The van der Waals surface area contributed by atoms with Crippen molar-refractivity contribution in [3.05, 3.63) is 35.9 Å². The van der Waals surface area contributed by atoms with Crippen molar-refractivity contribution in [2.45, 2.75) is 160 Å². The van der Waals surface area contributed by atoms with E-state index in [4.69, 9.17) is 17.2 Å². The second-order valence-corrected chi connectivity index (χ2v) is 20.5. The third-order valence-corrected chi connectivity index (χ3v) is 12.9. The van der Waals surface area contributed by atoms with Crippen molar-refractivity contribution in [1.82, 2.24) is 58.5 Å². The fraction of sp³-hybridized carbons (Fsp3) is 0.615. The number of rotatable bonds is 38. The van der Waals surface area contributed by atoms with Gasteiger partial charge in [-0.15, -0.1) is 0 Å². The van der Waals surface area contributed by atoms with Gasteiger partial charge >= 0.3 is 5.97 Å². The van der Waals surface area contributed by atoms with Crippen molar-refractivity contribution < 1.29 is 87.5 Å². The highest BCUT2D eigenvalue weighted by Crippen LogP contribution is 2.13. The largest absolute Gasteiger partial charge is 0.481 e. The molecule has 32 nitrogen and oxygen atoms in total. The Bertz CT molecular complexity index is 2470. The van der Waals surface area contributed by atoms with Gasteiger partial charge in [-0.25, -0.2) is 0 Å². The molecule has 0 bridgehead atoms. The van der Waals surface area contributed by atoms with E-state index >= 15 is 0 Å². The fourth-order valence-electron chi connectivity index (χ4n) is 7.73. The van der Waals surface area contributed by atoms with E-state index in [-0.39, 0.29) is 18.8 Å². The van der Waals surface area contributed by atoms with E-state index in [1.807, 2.05) is 0 Å². The number of aliphatic carboxylic acids is 1. The Labute approximate surface area is 485 Å². The van der Waals surface area contributed by atoms with Crippen LogP contribution >= 0.6 is 0 Å². The molecule has 0 spiro atoms. The molecule has 0 saturated heterocycles. The minimum absolute atomic E-state index is 0.00663. The average Bonchev–Trinajstić information content (AvgIpc) is 3.60. The zero-order chi connectivity index (χ0) is 64.1. The van der Waals surface area contributed by atoms with Crippen LogP contribution in [0, 0.1) is 17.8 Å². The van der Waals surface area contributed by atoms with Gasteiger partial charge in [0.15, 0.2) is 0 Å². The molecule has 13 amide bonds. The number of nitrogens with one attached hydrogen (secondary N) is 11. The summed E-state index contributed by atoms with van der Waals surface area (Å²) < 4.78 is 0. The van der Waals surface area contributed by atoms with Crippen LogP contribution in [0.25, 0.3) is 0 Å². The number of nitrogens with two attached hydrogens (primary N) is 3. The summed E-state index contributed by atoms with van der Waals surface area (Å²) in [5.41, 5.74) is 16.8. The highest BCUT2D eigenvalue weighted by atomic mass is 16.4. The number of benzene rings is 1. The first kappa shape index (κ1) is 73.7. The van der Waals surface area contributed by atoms with Gasteiger partial charge in [-0.05, 0) is 43.6 Å². The lowest BCUT2D eigenvalue weighted by Gasteiger charge is -2.30. The Kier molecular flexibility index (Phi) is 32.4. The van der Waals surface area contributed by atoms with Gasteiger partial charge in [0.05, 0.1) is 51.3 Å². The number of amides is 13. The molecule has 84 heavy (non-hydrogen) atoms. The second kappa shape index (κ2) is 37.0. The Hall–Kier alpha value is -8.36. The minimum atomic E-state index is -2.04. The number of primary amides is 2. The maximum atomic E-state index is 13.9. The van der Waals surface area contributed by atoms with Crippen LogP contribution < -0.4 is 75.7 Å². The lowest BCUT2D eigenvalue weighted by Crippen LogP contribution is -2.62. The number of aliphatic hydroxyl groups is 3. The van der Waals surface area contributed by atoms with Crippen molar-refractivity contribution in [1.29, 1.82) is 0 Å². The first-order valence-electron chi connectivity index (χ1n) is 27.1. The first-order valence-corrected chi connectivity index (χ1v) is 27.1. The number of carboxylic acids is 1. The van der Waals surface area contributed by atoms with E-state index in [9.17, 15) is 87.5 Å². The summed E-state index contributed by atoms with van der Waals surface area (Å²) in [4.78, 5) is 182. The van der Waals surface area contributed by atoms with Gasteiger partial charge in [-0.3, -0.25) is 67.1 Å². The maximum Gasteiger partial charge on any atom is 0.305 e. The van der Waals surface area contributed by atoms with Gasteiger partial charge in [0, 0.05) is 6.42 Å². The molecular formula is C52H84N14O18. The summed E-state index contributed by atoms with van der Waals surface area (Å²) in [5, 5.41) is 65.4. The van der Waals surface area contributed by atoms with Crippen LogP contribution in [0.2, 0.25) is 0 Å². The average molecular weight is 1190 g/mol. The van der Waals surface area contributed by atoms with Crippen LogP contribution in [0.1, 0.15) is 93.1 Å². The molecule has 0 heterocycles. The molecule has 0 aliphatic rings. The third kappa shape index (κ3) is 26.3. The summed E-state index contributed by atoms with van der Waals surface area (Å²) in [7, 11) is 0. The number of carboxylic acid groups (broad SMARTS) is 1. The lowest BCUT2D eigenvalue weighted by molar-refractivity contribution is -0.142. The van der Waals surface area contributed by atoms with Crippen LogP contribution in [-0.2, 0) is 73.5 Å². The van der Waals surface area contributed by atoms with Gasteiger partial charge < -0.3 is 96.1 Å². The predicted molar refractivity (Wildman–Crippen MR) is 297 cm³/mol. The minimum Gasteiger partial charge on any atom is -0.481 e. The second-order valence-electron chi connectivity index (χ2n) is 20.5. The molecule has 32 heteroatoms. The van der Waals surface area contributed by atoms with Crippen LogP contribution in [0.5, 0.6) is 0 Å². The predicted octanol–water partition coefficient (Wildman–Crippen LogP) is -7.49. The highest BCUT2D eigenvalue weighted by molar-refractivity contribution is 6.00. The van der Waals surface area contributed by atoms with Gasteiger partial charge in [-0.2, -0.15) is 0 Å². The Morgan fingerprint density at radius 2 is 0.905 bits per heavy atom. The molecule has 1 rings (SSSR count). The first-order chi connectivity index (χ1) is 39.3. The van der Waals surface area contributed by atoms with Gasteiger partial charge in [-0.1, -0.05) is 84.7 Å². The van der Waals surface area contributed by atoms with Crippen molar-refractivity contribution in [3.8, 4) is 0 Å². The Balaban J connectivity index is 3.19. The lowest BCUT2D eigenvalue weighted by atomic mass is 9.96. The zero-order valence-electron chi connectivity index (χ0n) is 48.3. The molecule has 0 radical (unpaired) electrons. The smallest absolute Gasteiger partial charge is 0.305 e. The molecule has 13 atom stereocenters. The SMILES string of the molecule is CC[C@H](C)[C@H](NC(=O)[C@H](C)NC(=O)CNC(=O)[C@H](CO)NC(=O)[C@H](CC(N)=O)NC(=O)[C@H](CC(=O)O)NC(=O)[C@H](Cc1ccccc1)NC(=O)[C@H](CO)NC(=O)[C@@H](N)CC(C)C)C(=O)N[C@H](C(=O)N[C@H](C(=O)NCC(N)=O)[C@@H](C)CC)[C@@H](C)O. The monoisotopic (exact) mass is 1190 g/mol. The van der Waals surface area contributed by atoms with Gasteiger partial charge in [0.1, 0.15) is 54.4 Å². The summed E-state index contributed by atoms with van der Waals surface area (Å²) in [6, 6.07) is -7.87. The summed E-state index contributed by atoms with van der Waals surface area (Å²) in [6.07, 6.45) is -3.04. The molecule has 470 valence electrons. The van der Waals surface area contributed by atoms with E-state index in [0.717, 1.165) is 0 Å². The van der Waals surface area contributed by atoms with Crippen LogP contribution in [0.15, 0.2) is 30.3 Å². The summed E-state index contributed by atoms with van der Waals surface area (Å²) in [6.45, 7) is 9.15. The number of hydrogen-bond acceptors (Lipinski definition) is 18. The number of carbonyl (C=O) groups excluding carboxylic acids is 13. The van der Waals surface area contributed by atoms with Crippen LogP contribution in [-0.4, -0.2) is 196 Å². The Morgan fingerprint density at radius 1 is 0.476 bits per heavy atom. The number of hydrogen-bond donors (Lipinski definition) is 18. The van der Waals surface area contributed by atoms with Crippen LogP contribution in [0.4, 0.5) is 0 Å². The molecule has 0 fully saturated rings. The third-order valence-electron chi connectivity index (χ3n) is 12.9. The molecular weight excluding hydrogens is 1110 g/mol. The van der Waals surface area contributed by atoms with Crippen molar-refractivity contribution >= 4 is 82.8 Å². The Morgan fingerprint density at radius 3 is 1.39 bits per heavy atom. The zero-order valence-corrected chi connectivity index (χ0v) is 48.3. The molecule has 21 N–H and O–H groups in total. The normalized spacial score (nSPS) is 15.7. The van der Waals surface area contributed by atoms with Gasteiger partial charge in [0.25, 0.3) is 0 Å². The fourth-order valence-corrected chi connectivity index (χ4v) is 7.73. The maximum absolute atomic E-state index is 13.9. The molecule has 0 aromatic heterocycles. The van der Waals surface area contributed by atoms with E-state index in [2.05, 4.69) is 58.5 Å².